The summed E-state index contributed by atoms with van der Waals surface area (Å²) in [5, 5.41) is 0.226. The molecule has 0 aromatic heterocycles. The minimum atomic E-state index is -2.19. The Kier molecular flexibility index (Phi) is 17.7. The lowest BCUT2D eigenvalue weighted by Gasteiger charge is -2.44. The van der Waals surface area contributed by atoms with E-state index in [1.54, 1.807) is 0 Å². The summed E-state index contributed by atoms with van der Waals surface area (Å²) in [6.07, 6.45) is 15.1. The summed E-state index contributed by atoms with van der Waals surface area (Å²) in [6.45, 7) is 36.8. The van der Waals surface area contributed by atoms with Crippen LogP contribution in [0.2, 0.25) is 54.4 Å². The van der Waals surface area contributed by atoms with E-state index in [4.69, 9.17) is 18.0 Å². The van der Waals surface area contributed by atoms with Crippen LogP contribution in [0.15, 0.2) is 36.4 Å². The third kappa shape index (κ3) is 15.1. The van der Waals surface area contributed by atoms with E-state index in [-0.39, 0.29) is 39.4 Å². The predicted octanol–water partition coefficient (Wildman–Crippen LogP) is 12.8. The van der Waals surface area contributed by atoms with Gasteiger partial charge in [-0.15, -0.1) is 0 Å². The molecule has 0 N–H and O–H groups in total. The van der Waals surface area contributed by atoms with Gasteiger partial charge < -0.3 is 18.0 Å². The Hall–Kier alpha value is -1.30. The number of benzene rings is 1. The lowest BCUT2D eigenvalue weighted by Crippen LogP contribution is -2.51. The van der Waals surface area contributed by atoms with Gasteiger partial charge in [-0.3, -0.25) is 4.79 Å². The quantitative estimate of drug-likeness (QED) is 0.0805. The number of unbranched alkanes of at least 4 members (excludes halogenated alkanes) is 2. The summed E-state index contributed by atoms with van der Waals surface area (Å²) in [6, 6.07) is 8.58. The molecule has 0 heterocycles. The van der Waals surface area contributed by atoms with Crippen LogP contribution >= 0.6 is 0 Å². The van der Waals surface area contributed by atoms with Gasteiger partial charge in [-0.05, 0) is 84.8 Å². The molecule has 0 aliphatic rings. The molecule has 8 heteroatoms. The average Bonchev–Trinajstić information content (AvgIpc) is 2.95. The average molecular weight is 733 g/mol. The highest BCUT2D eigenvalue weighted by Crippen LogP contribution is 2.42. The van der Waals surface area contributed by atoms with E-state index in [0.717, 1.165) is 24.0 Å². The van der Waals surface area contributed by atoms with Gasteiger partial charge in [0.15, 0.2) is 25.0 Å². The number of carbonyl (C=O) groups is 1. The van der Waals surface area contributed by atoms with Gasteiger partial charge in [-0.1, -0.05) is 137 Å². The minimum absolute atomic E-state index is 0.0320. The molecule has 282 valence electrons. The van der Waals surface area contributed by atoms with Crippen LogP contribution in [-0.2, 0) is 22.8 Å². The van der Waals surface area contributed by atoms with Crippen molar-refractivity contribution in [3.05, 3.63) is 47.5 Å². The van der Waals surface area contributed by atoms with Crippen molar-refractivity contribution in [3.63, 3.8) is 0 Å². The fourth-order valence-electron chi connectivity index (χ4n) is 4.72. The molecule has 0 radical (unpaired) electrons. The highest BCUT2D eigenvalue weighted by Gasteiger charge is 2.44. The van der Waals surface area contributed by atoms with Crippen molar-refractivity contribution in [1.29, 1.82) is 0 Å². The molecule has 5 nitrogen and oxygen atoms in total. The number of hydrogen-bond acceptors (Lipinski definition) is 5. The molecular formula is C41H76O5Si3. The maximum atomic E-state index is 12.1. The van der Waals surface area contributed by atoms with Crippen molar-refractivity contribution in [2.45, 2.75) is 187 Å². The maximum Gasteiger partial charge on any atom is 0.305 e. The number of carbonyl (C=O) groups excluding carboxylic acids is 1. The van der Waals surface area contributed by atoms with E-state index in [9.17, 15) is 4.79 Å². The molecule has 3 atom stereocenters. The monoisotopic (exact) mass is 733 g/mol. The molecule has 0 amide bonds. The van der Waals surface area contributed by atoms with Crippen LogP contribution in [-0.4, -0.2) is 56.3 Å². The van der Waals surface area contributed by atoms with Gasteiger partial charge in [-0.25, -0.2) is 0 Å². The van der Waals surface area contributed by atoms with Crippen LogP contribution in [0.25, 0.3) is 12.2 Å². The summed E-state index contributed by atoms with van der Waals surface area (Å²) < 4.78 is 26.3. The van der Waals surface area contributed by atoms with Crippen molar-refractivity contribution in [2.75, 3.05) is 7.11 Å². The Morgan fingerprint density at radius 2 is 1.14 bits per heavy atom. The Bertz CT molecular complexity index is 1200. The minimum Gasteiger partial charge on any atom is -0.469 e. The van der Waals surface area contributed by atoms with Crippen LogP contribution in [0, 0.1) is 0 Å². The fourth-order valence-corrected chi connectivity index (χ4v) is 8.65. The van der Waals surface area contributed by atoms with Crippen LogP contribution < -0.4 is 0 Å². The van der Waals surface area contributed by atoms with E-state index < -0.39 is 25.0 Å². The number of rotatable bonds is 19. The van der Waals surface area contributed by atoms with Crippen LogP contribution in [0.1, 0.15) is 125 Å². The number of hydrogen-bond donors (Lipinski definition) is 0. The van der Waals surface area contributed by atoms with E-state index in [1.165, 1.54) is 26.4 Å². The first-order valence-corrected chi connectivity index (χ1v) is 27.6. The second kappa shape index (κ2) is 19.0. The number of methoxy groups -OCH3 is 1. The molecule has 0 saturated carbocycles. The standard InChI is InChI=1S/C41H76O5Si3/c1-18-19-20-26-35(44-47(12,13)39(2,3)4)31-29-33-24-21-22-25-34(33)30-32-37(46-49(16,17)41(8,9)10)36(27-23-28-38(42)43-11)45-48(14,15)40(5,6)7/h21-22,24-25,29-32,35-37H,18-20,23,26-28H2,1-17H3/t35-,36?,37?/m1/s1. The first-order valence-electron chi connectivity index (χ1n) is 18.8. The van der Waals surface area contributed by atoms with E-state index in [1.807, 2.05) is 0 Å². The topological polar surface area (TPSA) is 54.0 Å². The van der Waals surface area contributed by atoms with E-state index in [2.05, 4.69) is 157 Å². The summed E-state index contributed by atoms with van der Waals surface area (Å²) in [5.41, 5.74) is 2.31. The molecule has 0 aliphatic carbocycles. The number of esters is 1. The predicted molar refractivity (Wildman–Crippen MR) is 221 cm³/mol. The third-order valence-corrected chi connectivity index (χ3v) is 24.7. The van der Waals surface area contributed by atoms with E-state index in [0.29, 0.717) is 12.8 Å². The van der Waals surface area contributed by atoms with Gasteiger partial charge in [0.25, 0.3) is 0 Å². The highest BCUT2D eigenvalue weighted by molar-refractivity contribution is 6.75. The van der Waals surface area contributed by atoms with Crippen molar-refractivity contribution >= 4 is 43.1 Å². The molecule has 0 bridgehead atoms. The van der Waals surface area contributed by atoms with Gasteiger partial charge >= 0.3 is 5.97 Å². The summed E-state index contributed by atoms with van der Waals surface area (Å²) in [5.74, 6) is -0.185. The Labute approximate surface area is 306 Å². The van der Waals surface area contributed by atoms with Crippen LogP contribution in [0.5, 0.6) is 0 Å². The lowest BCUT2D eigenvalue weighted by atomic mass is 10.0. The smallest absolute Gasteiger partial charge is 0.305 e. The second-order valence-corrected chi connectivity index (χ2v) is 32.8. The lowest BCUT2D eigenvalue weighted by molar-refractivity contribution is -0.140. The molecule has 1 aromatic carbocycles. The first-order chi connectivity index (χ1) is 22.3. The molecule has 1 aromatic rings. The molecule has 2 unspecified atom stereocenters. The summed E-state index contributed by atoms with van der Waals surface area (Å²) >= 11 is 0. The zero-order chi connectivity index (χ0) is 37.9. The zero-order valence-electron chi connectivity index (χ0n) is 34.8. The van der Waals surface area contributed by atoms with E-state index >= 15 is 0 Å². The zero-order valence-corrected chi connectivity index (χ0v) is 37.8. The second-order valence-electron chi connectivity index (χ2n) is 18.5. The highest BCUT2D eigenvalue weighted by atomic mass is 28.4. The summed E-state index contributed by atoms with van der Waals surface area (Å²) in [7, 11) is -4.83. The van der Waals surface area contributed by atoms with Crippen LogP contribution in [0.3, 0.4) is 0 Å². The number of ether oxygens (including phenoxy) is 1. The normalized spacial score (nSPS) is 15.9. The van der Waals surface area contributed by atoms with Crippen molar-refractivity contribution in [3.8, 4) is 0 Å². The first kappa shape index (κ1) is 45.7. The van der Waals surface area contributed by atoms with Crippen molar-refractivity contribution in [1.82, 2.24) is 0 Å². The molecule has 0 spiro atoms. The Morgan fingerprint density at radius 1 is 0.673 bits per heavy atom. The Morgan fingerprint density at radius 3 is 1.61 bits per heavy atom. The molecule has 0 fully saturated rings. The molecule has 0 saturated heterocycles. The Balaban J connectivity index is 3.65. The van der Waals surface area contributed by atoms with Gasteiger partial charge in [-0.2, -0.15) is 0 Å². The van der Waals surface area contributed by atoms with Gasteiger partial charge in [0.05, 0.1) is 25.4 Å². The fraction of sp³-hybridized carbons (Fsp3) is 0.732. The maximum absolute atomic E-state index is 12.1. The SMILES string of the molecule is CCCCC[C@H](C=Cc1ccccc1C=CC(O[Si](C)(C)C(C)(C)C)C(CCCC(=O)OC)O[Si](C)(C)C(C)(C)C)O[Si](C)(C)C(C)(C)C. The molecule has 0 aliphatic heterocycles. The molecular weight excluding hydrogens is 657 g/mol. The molecule has 49 heavy (non-hydrogen) atoms. The third-order valence-electron chi connectivity index (χ3n) is 11.2. The summed E-state index contributed by atoms with van der Waals surface area (Å²) in [4.78, 5) is 12.1. The molecule has 1 rings (SSSR count). The van der Waals surface area contributed by atoms with Gasteiger partial charge in [0.2, 0.25) is 0 Å². The van der Waals surface area contributed by atoms with Crippen LogP contribution in [0.4, 0.5) is 0 Å². The van der Waals surface area contributed by atoms with Gasteiger partial charge in [0, 0.05) is 6.42 Å². The van der Waals surface area contributed by atoms with Gasteiger partial charge in [0.1, 0.15) is 0 Å². The largest absolute Gasteiger partial charge is 0.469 e. The van der Waals surface area contributed by atoms with Crippen molar-refractivity contribution in [2.24, 2.45) is 0 Å². The van der Waals surface area contributed by atoms with Crippen molar-refractivity contribution < 1.29 is 22.8 Å².